The van der Waals surface area contributed by atoms with Crippen LogP contribution in [0.25, 0.3) is 10.8 Å². The second-order valence-corrected chi connectivity index (χ2v) is 10.4. The summed E-state index contributed by atoms with van der Waals surface area (Å²) in [6.07, 6.45) is 1.12. The minimum atomic E-state index is -3.30. The van der Waals surface area contributed by atoms with Gasteiger partial charge < -0.3 is 20.6 Å². The molecule has 0 bridgehead atoms. The number of carboxylic acids is 1. The number of hydrogen-bond acceptors (Lipinski definition) is 6. The van der Waals surface area contributed by atoms with Crippen molar-refractivity contribution in [2.45, 2.75) is 17.2 Å². The number of benzene rings is 4. The molecule has 0 aliphatic heterocycles. The van der Waals surface area contributed by atoms with Crippen molar-refractivity contribution in [2.24, 2.45) is 0 Å². The van der Waals surface area contributed by atoms with E-state index in [0.717, 1.165) is 17.2 Å². The van der Waals surface area contributed by atoms with Gasteiger partial charge in [-0.3, -0.25) is 4.79 Å². The van der Waals surface area contributed by atoms with Crippen molar-refractivity contribution >= 4 is 32.5 Å². The SMILES string of the molecule is CS(=O)(=O)c1ccc(CNC(=O)c2ccc3ccc(C(O)(O)c4cccc(C(=O)O)c4)cc3c2)cc1. The summed E-state index contributed by atoms with van der Waals surface area (Å²) in [6, 6.07) is 21.3. The van der Waals surface area contributed by atoms with Gasteiger partial charge in [-0.15, -0.1) is 0 Å². The van der Waals surface area contributed by atoms with Crippen LogP contribution in [0.3, 0.4) is 0 Å². The molecule has 0 fully saturated rings. The van der Waals surface area contributed by atoms with Gasteiger partial charge in [-0.25, -0.2) is 13.2 Å². The van der Waals surface area contributed by atoms with E-state index in [9.17, 15) is 33.3 Å². The summed E-state index contributed by atoms with van der Waals surface area (Å²) < 4.78 is 23.2. The van der Waals surface area contributed by atoms with Crippen molar-refractivity contribution in [3.05, 3.63) is 113 Å². The molecular formula is C27H23NO7S. The van der Waals surface area contributed by atoms with Crippen LogP contribution in [0.15, 0.2) is 89.8 Å². The summed E-state index contributed by atoms with van der Waals surface area (Å²) in [5.74, 6) is -3.99. The van der Waals surface area contributed by atoms with Gasteiger partial charge in [-0.05, 0) is 58.8 Å². The minimum Gasteiger partial charge on any atom is -0.478 e. The molecule has 0 saturated carbocycles. The standard InChI is InChI=1S/C27H23NO7S/c1-36(34,35)24-11-5-17(6-12-24)16-28-25(29)19-8-7-18-9-10-23(15-21(18)13-19)27(32,33)22-4-2-3-20(14-22)26(30)31/h2-15,32-33H,16H2,1H3,(H,28,29)(H,30,31). The second-order valence-electron chi connectivity index (χ2n) is 8.43. The van der Waals surface area contributed by atoms with Crippen LogP contribution in [0.1, 0.15) is 37.4 Å². The van der Waals surface area contributed by atoms with Crippen molar-refractivity contribution in [1.82, 2.24) is 5.32 Å². The Labute approximate surface area is 207 Å². The third kappa shape index (κ3) is 5.28. The molecule has 0 aliphatic rings. The molecule has 4 aromatic carbocycles. The number of sulfone groups is 1. The van der Waals surface area contributed by atoms with Gasteiger partial charge in [0.15, 0.2) is 9.84 Å². The predicted molar refractivity (Wildman–Crippen MR) is 133 cm³/mol. The monoisotopic (exact) mass is 505 g/mol. The van der Waals surface area contributed by atoms with E-state index < -0.39 is 21.6 Å². The van der Waals surface area contributed by atoms with Gasteiger partial charge in [0, 0.05) is 29.5 Å². The fourth-order valence-electron chi connectivity index (χ4n) is 3.78. The molecule has 0 aliphatic carbocycles. The normalized spacial score (nSPS) is 11.9. The summed E-state index contributed by atoms with van der Waals surface area (Å²) in [7, 11) is -3.30. The van der Waals surface area contributed by atoms with Gasteiger partial charge in [0.1, 0.15) is 0 Å². The molecule has 4 rings (SSSR count). The topological polar surface area (TPSA) is 141 Å². The van der Waals surface area contributed by atoms with E-state index in [-0.39, 0.29) is 34.0 Å². The highest BCUT2D eigenvalue weighted by Crippen LogP contribution is 2.30. The molecule has 0 spiro atoms. The summed E-state index contributed by atoms with van der Waals surface area (Å²) >= 11 is 0. The zero-order valence-corrected chi connectivity index (χ0v) is 20.0. The number of carbonyl (C=O) groups is 2. The molecule has 4 N–H and O–H groups in total. The maximum absolute atomic E-state index is 12.7. The molecule has 0 radical (unpaired) electrons. The van der Waals surface area contributed by atoms with Crippen molar-refractivity contribution in [3.63, 3.8) is 0 Å². The number of fused-ring (bicyclic) bond motifs is 1. The molecule has 0 aromatic heterocycles. The highest BCUT2D eigenvalue weighted by Gasteiger charge is 2.29. The number of aromatic carboxylic acids is 1. The highest BCUT2D eigenvalue weighted by atomic mass is 32.2. The lowest BCUT2D eigenvalue weighted by Gasteiger charge is -2.23. The lowest BCUT2D eigenvalue weighted by atomic mass is 9.93. The Morgan fingerprint density at radius 3 is 2.14 bits per heavy atom. The van der Waals surface area contributed by atoms with Gasteiger partial charge in [0.2, 0.25) is 5.79 Å². The molecule has 184 valence electrons. The van der Waals surface area contributed by atoms with Crippen molar-refractivity contribution < 1.29 is 33.3 Å². The van der Waals surface area contributed by atoms with E-state index in [1.54, 1.807) is 36.4 Å². The van der Waals surface area contributed by atoms with Crippen LogP contribution in [0.4, 0.5) is 0 Å². The molecule has 0 atom stereocenters. The summed E-state index contributed by atoms with van der Waals surface area (Å²) in [4.78, 5) is 24.2. The molecule has 0 heterocycles. The molecule has 1 amide bonds. The lowest BCUT2D eigenvalue weighted by molar-refractivity contribution is -0.132. The summed E-state index contributed by atoms with van der Waals surface area (Å²) in [6.45, 7) is 0.192. The molecule has 4 aromatic rings. The van der Waals surface area contributed by atoms with Gasteiger partial charge in [-0.2, -0.15) is 0 Å². The van der Waals surface area contributed by atoms with E-state index in [2.05, 4.69) is 5.32 Å². The van der Waals surface area contributed by atoms with Crippen LogP contribution in [-0.4, -0.2) is 41.9 Å². The second kappa shape index (κ2) is 9.54. The first-order valence-electron chi connectivity index (χ1n) is 10.9. The fraction of sp³-hybridized carbons (Fsp3) is 0.111. The van der Waals surface area contributed by atoms with Crippen LogP contribution in [0, 0.1) is 0 Å². The van der Waals surface area contributed by atoms with Gasteiger partial charge in [-0.1, -0.05) is 42.5 Å². The number of amides is 1. The fourth-order valence-corrected chi connectivity index (χ4v) is 4.41. The lowest BCUT2D eigenvalue weighted by Crippen LogP contribution is -2.26. The Hall–Kier alpha value is -4.05. The average molecular weight is 506 g/mol. The summed E-state index contributed by atoms with van der Waals surface area (Å²) in [5, 5.41) is 35.0. The van der Waals surface area contributed by atoms with Crippen molar-refractivity contribution in [1.29, 1.82) is 0 Å². The van der Waals surface area contributed by atoms with Crippen molar-refractivity contribution in [2.75, 3.05) is 6.26 Å². The zero-order valence-electron chi connectivity index (χ0n) is 19.2. The predicted octanol–water partition coefficient (Wildman–Crippen LogP) is 3.06. The van der Waals surface area contributed by atoms with E-state index in [4.69, 9.17) is 0 Å². The first-order chi connectivity index (χ1) is 16.9. The number of rotatable bonds is 7. The molecule has 36 heavy (non-hydrogen) atoms. The molecular weight excluding hydrogens is 482 g/mol. The van der Waals surface area contributed by atoms with Crippen LogP contribution in [-0.2, 0) is 22.2 Å². The van der Waals surface area contributed by atoms with E-state index in [1.807, 2.05) is 0 Å². The molecule has 8 nitrogen and oxygen atoms in total. The third-order valence-electron chi connectivity index (χ3n) is 5.82. The van der Waals surface area contributed by atoms with E-state index >= 15 is 0 Å². The van der Waals surface area contributed by atoms with Crippen LogP contribution >= 0.6 is 0 Å². The van der Waals surface area contributed by atoms with Gasteiger partial charge in [0.25, 0.3) is 5.91 Å². The number of aliphatic hydroxyl groups is 2. The van der Waals surface area contributed by atoms with Crippen LogP contribution in [0.2, 0.25) is 0 Å². The highest BCUT2D eigenvalue weighted by molar-refractivity contribution is 7.90. The first-order valence-corrected chi connectivity index (χ1v) is 12.7. The Balaban J connectivity index is 1.56. The Morgan fingerprint density at radius 2 is 1.47 bits per heavy atom. The van der Waals surface area contributed by atoms with Crippen molar-refractivity contribution in [3.8, 4) is 0 Å². The number of nitrogens with one attached hydrogen (secondary N) is 1. The first kappa shape index (κ1) is 25.1. The number of carboxylic acid groups (broad SMARTS) is 1. The Kier molecular flexibility index (Phi) is 6.64. The smallest absolute Gasteiger partial charge is 0.335 e. The van der Waals surface area contributed by atoms with Gasteiger partial charge in [0.05, 0.1) is 10.5 Å². The third-order valence-corrected chi connectivity index (χ3v) is 6.95. The van der Waals surface area contributed by atoms with E-state index in [1.165, 1.54) is 48.5 Å². The quantitative estimate of drug-likeness (QED) is 0.283. The minimum absolute atomic E-state index is 0.00228. The number of hydrogen-bond donors (Lipinski definition) is 4. The average Bonchev–Trinajstić information content (AvgIpc) is 2.86. The maximum Gasteiger partial charge on any atom is 0.335 e. The number of carbonyl (C=O) groups excluding carboxylic acids is 1. The Bertz CT molecular complexity index is 1580. The molecule has 0 unspecified atom stereocenters. The van der Waals surface area contributed by atoms with Crippen LogP contribution < -0.4 is 5.32 Å². The molecule has 9 heteroatoms. The van der Waals surface area contributed by atoms with Gasteiger partial charge >= 0.3 is 5.97 Å². The summed E-state index contributed by atoms with van der Waals surface area (Å²) in [5.41, 5.74) is 1.11. The maximum atomic E-state index is 12.7. The zero-order chi connectivity index (χ0) is 26.1. The van der Waals surface area contributed by atoms with E-state index in [0.29, 0.717) is 10.9 Å². The molecule has 0 saturated heterocycles. The largest absolute Gasteiger partial charge is 0.478 e. The Morgan fingerprint density at radius 1 is 0.806 bits per heavy atom. The van der Waals surface area contributed by atoms with Crippen LogP contribution in [0.5, 0.6) is 0 Å².